The first kappa shape index (κ1) is 30.7. The van der Waals surface area contributed by atoms with Crippen LogP contribution in [0.3, 0.4) is 0 Å². The summed E-state index contributed by atoms with van der Waals surface area (Å²) < 4.78 is 52.3. The number of anilines is 1. The molecule has 2 heterocycles. The number of hydrogen-bond acceptors (Lipinski definition) is 7. The molecule has 10 nitrogen and oxygen atoms in total. The third kappa shape index (κ3) is 5.89. The van der Waals surface area contributed by atoms with Crippen molar-refractivity contribution >= 4 is 38.5 Å². The second-order valence-electron chi connectivity index (χ2n) is 10.5. The van der Waals surface area contributed by atoms with Crippen LogP contribution in [0.1, 0.15) is 40.5 Å². The van der Waals surface area contributed by atoms with E-state index in [2.05, 4.69) is 16.7 Å². The molecule has 1 aromatic heterocycles. The molecule has 1 fully saturated rings. The maximum absolute atomic E-state index is 13.7. The molecule has 12 heteroatoms. The number of amides is 2. The number of nitrogens with zero attached hydrogens (tertiary/aromatic N) is 2. The Labute approximate surface area is 254 Å². The van der Waals surface area contributed by atoms with Crippen LogP contribution in [0.15, 0.2) is 65.1 Å². The van der Waals surface area contributed by atoms with E-state index in [4.69, 9.17) is 9.15 Å². The van der Waals surface area contributed by atoms with Gasteiger partial charge in [-0.1, -0.05) is 12.1 Å². The van der Waals surface area contributed by atoms with Gasteiger partial charge >= 0.3 is 0 Å². The zero-order valence-electron chi connectivity index (χ0n) is 24.4. The lowest BCUT2D eigenvalue weighted by Crippen LogP contribution is -2.50. The van der Waals surface area contributed by atoms with E-state index < -0.39 is 33.2 Å². The summed E-state index contributed by atoms with van der Waals surface area (Å²) in [6, 6.07) is 17.5. The van der Waals surface area contributed by atoms with Gasteiger partial charge in [0.1, 0.15) is 22.7 Å². The predicted octanol–water partition coefficient (Wildman–Crippen LogP) is 4.85. The van der Waals surface area contributed by atoms with Crippen LogP contribution in [0.25, 0.3) is 33.4 Å². The summed E-state index contributed by atoms with van der Waals surface area (Å²) in [5, 5.41) is 15.7. The molecule has 0 radical (unpaired) electrons. The lowest BCUT2D eigenvalue weighted by Gasteiger charge is -2.31. The monoisotopic (exact) mass is 618 g/mol. The number of hydrogen-bond donors (Lipinski definition) is 2. The first-order valence-electron chi connectivity index (χ1n) is 14.0. The molecule has 0 unspecified atom stereocenters. The van der Waals surface area contributed by atoms with Crippen LogP contribution in [0, 0.1) is 17.1 Å². The van der Waals surface area contributed by atoms with Gasteiger partial charge in [0.05, 0.1) is 23.6 Å². The number of benzene rings is 3. The minimum Gasteiger partial charge on any atom is -0.455 e. The number of ether oxygens (including phenoxy) is 1. The quantitative estimate of drug-likeness (QED) is 0.287. The van der Waals surface area contributed by atoms with Crippen LogP contribution >= 0.6 is 0 Å². The topological polar surface area (TPSA) is 142 Å². The number of furan rings is 1. The minimum atomic E-state index is -3.76. The number of halogens is 1. The van der Waals surface area contributed by atoms with Crippen LogP contribution in [0.4, 0.5) is 10.1 Å². The van der Waals surface area contributed by atoms with Crippen molar-refractivity contribution in [2.24, 2.45) is 0 Å². The van der Waals surface area contributed by atoms with E-state index in [0.717, 1.165) is 6.26 Å². The van der Waals surface area contributed by atoms with E-state index in [0.29, 0.717) is 48.1 Å². The highest BCUT2D eigenvalue weighted by molar-refractivity contribution is 7.92. The Morgan fingerprint density at radius 1 is 1.05 bits per heavy atom. The average Bonchev–Trinajstić information content (AvgIpc) is 3.39. The molecule has 44 heavy (non-hydrogen) atoms. The van der Waals surface area contributed by atoms with E-state index in [9.17, 15) is 27.7 Å². The first-order valence-corrected chi connectivity index (χ1v) is 15.8. The maximum Gasteiger partial charge on any atom is 0.255 e. The second kappa shape index (κ2) is 12.1. The van der Waals surface area contributed by atoms with E-state index in [1.54, 1.807) is 43.3 Å². The summed E-state index contributed by atoms with van der Waals surface area (Å²) in [4.78, 5) is 26.6. The Hall–Kier alpha value is -4.73. The van der Waals surface area contributed by atoms with Crippen LogP contribution < -0.4 is 14.9 Å². The molecule has 0 aliphatic carbocycles. The molecule has 0 bridgehead atoms. The van der Waals surface area contributed by atoms with E-state index in [1.807, 2.05) is 0 Å². The third-order valence-corrected chi connectivity index (χ3v) is 8.93. The Morgan fingerprint density at radius 2 is 1.75 bits per heavy atom. The second-order valence-corrected chi connectivity index (χ2v) is 12.4. The number of fused-ring (bicyclic) bond motifs is 1. The normalized spacial score (nSPS) is 14.5. The lowest BCUT2D eigenvalue weighted by molar-refractivity contribution is 0.0531. The van der Waals surface area contributed by atoms with Gasteiger partial charge in [0, 0.05) is 67.8 Å². The van der Waals surface area contributed by atoms with Crippen molar-refractivity contribution in [1.82, 2.24) is 10.6 Å². The van der Waals surface area contributed by atoms with E-state index in [-0.39, 0.29) is 34.7 Å². The standard InChI is InChI=1S/C32H31FN4O6S/c1-4-37(44(3,40)41)26-18-27-25(28(31(39)35-2)29(43-27)20-8-10-23(33)11-9-20)17-24(26)21-6-5-7-22(16-21)30(38)36-32(19-34)12-14-42-15-13-32/h5-11,16-18H,4,12-15H2,1-3H3,(H,35,39)(H,36,38). The summed E-state index contributed by atoms with van der Waals surface area (Å²) in [6.45, 7) is 2.50. The van der Waals surface area contributed by atoms with Crippen molar-refractivity contribution in [2.75, 3.05) is 37.4 Å². The van der Waals surface area contributed by atoms with Crippen LogP contribution in [0.5, 0.6) is 0 Å². The van der Waals surface area contributed by atoms with Crippen molar-refractivity contribution in [3.63, 3.8) is 0 Å². The van der Waals surface area contributed by atoms with Gasteiger partial charge in [0.2, 0.25) is 10.0 Å². The van der Waals surface area contributed by atoms with Gasteiger partial charge in [-0.3, -0.25) is 13.9 Å². The summed E-state index contributed by atoms with van der Waals surface area (Å²) in [7, 11) is -2.29. The minimum absolute atomic E-state index is 0.0953. The van der Waals surface area contributed by atoms with Gasteiger partial charge in [-0.05, 0) is 55.0 Å². The number of nitriles is 1. The van der Waals surface area contributed by atoms with Gasteiger partial charge < -0.3 is 19.8 Å². The molecule has 3 aromatic carbocycles. The lowest BCUT2D eigenvalue weighted by atomic mass is 9.91. The smallest absolute Gasteiger partial charge is 0.255 e. The van der Waals surface area contributed by atoms with Gasteiger partial charge in [0.25, 0.3) is 11.8 Å². The van der Waals surface area contributed by atoms with Gasteiger partial charge in [-0.25, -0.2) is 12.8 Å². The van der Waals surface area contributed by atoms with Gasteiger partial charge in [0.15, 0.2) is 0 Å². The van der Waals surface area contributed by atoms with Crippen molar-refractivity contribution in [3.05, 3.63) is 77.6 Å². The third-order valence-electron chi connectivity index (χ3n) is 7.67. The molecule has 4 aromatic rings. The zero-order chi connectivity index (χ0) is 31.6. The zero-order valence-corrected chi connectivity index (χ0v) is 25.3. The van der Waals surface area contributed by atoms with Crippen molar-refractivity contribution in [2.45, 2.75) is 25.3 Å². The fourth-order valence-electron chi connectivity index (χ4n) is 5.41. The Kier molecular flexibility index (Phi) is 8.45. The SMILES string of the molecule is CCN(c1cc2oc(-c3ccc(F)cc3)c(C(=O)NC)c2cc1-c1cccc(C(=O)NC2(C#N)CCOCC2)c1)S(C)(=O)=O. The Balaban J connectivity index is 1.71. The Morgan fingerprint density at radius 3 is 2.36 bits per heavy atom. The Bertz CT molecular complexity index is 1890. The summed E-state index contributed by atoms with van der Waals surface area (Å²) >= 11 is 0. The van der Waals surface area contributed by atoms with E-state index in [1.165, 1.54) is 35.6 Å². The number of sulfonamides is 1. The van der Waals surface area contributed by atoms with Crippen molar-refractivity contribution < 1.29 is 31.6 Å². The largest absolute Gasteiger partial charge is 0.455 e. The molecule has 1 aliphatic rings. The molecule has 2 amide bonds. The molecule has 1 aliphatic heterocycles. The number of rotatable bonds is 8. The summed E-state index contributed by atoms with van der Waals surface area (Å²) in [5.41, 5.74) is 1.31. The van der Waals surface area contributed by atoms with Gasteiger partial charge in [-0.2, -0.15) is 5.26 Å². The highest BCUT2D eigenvalue weighted by Gasteiger charge is 2.35. The predicted molar refractivity (Wildman–Crippen MR) is 164 cm³/mol. The molecule has 1 saturated heterocycles. The van der Waals surface area contributed by atoms with Crippen LogP contribution in [0.2, 0.25) is 0 Å². The van der Waals surface area contributed by atoms with Crippen molar-refractivity contribution in [1.29, 1.82) is 5.26 Å². The fourth-order valence-corrected chi connectivity index (χ4v) is 6.39. The number of carbonyl (C=O) groups excluding carboxylic acids is 2. The van der Waals surface area contributed by atoms with Gasteiger partial charge in [-0.15, -0.1) is 0 Å². The molecular formula is C32H31FN4O6S. The van der Waals surface area contributed by atoms with Crippen molar-refractivity contribution in [3.8, 4) is 28.5 Å². The molecular weight excluding hydrogens is 587 g/mol. The highest BCUT2D eigenvalue weighted by Crippen LogP contribution is 2.41. The van der Waals surface area contributed by atoms with Crippen LogP contribution in [-0.2, 0) is 14.8 Å². The summed E-state index contributed by atoms with van der Waals surface area (Å²) in [6.07, 6.45) is 1.80. The first-order chi connectivity index (χ1) is 21.0. The van der Waals surface area contributed by atoms with E-state index >= 15 is 0 Å². The average molecular weight is 619 g/mol. The van der Waals surface area contributed by atoms with Crippen LogP contribution in [-0.4, -0.2) is 58.8 Å². The molecule has 0 atom stereocenters. The fraction of sp³-hybridized carbons (Fsp3) is 0.281. The number of carbonyl (C=O) groups is 2. The highest BCUT2D eigenvalue weighted by atomic mass is 32.2. The molecule has 0 spiro atoms. The molecule has 5 rings (SSSR count). The molecule has 228 valence electrons. The maximum atomic E-state index is 13.7. The number of nitrogens with one attached hydrogen (secondary N) is 2. The molecule has 2 N–H and O–H groups in total. The summed E-state index contributed by atoms with van der Waals surface area (Å²) in [5.74, 6) is -1.18. The molecule has 0 saturated carbocycles.